The van der Waals surface area contributed by atoms with E-state index in [1.807, 2.05) is 24.3 Å². The predicted octanol–water partition coefficient (Wildman–Crippen LogP) is 1.73. The zero-order chi connectivity index (χ0) is 14.4. The lowest BCUT2D eigenvalue weighted by Gasteiger charge is -2.08. The first-order valence-corrected chi connectivity index (χ1v) is 6.26. The van der Waals surface area contributed by atoms with Crippen molar-refractivity contribution in [2.24, 2.45) is 0 Å². The van der Waals surface area contributed by atoms with Crippen LogP contribution in [0.5, 0.6) is 11.8 Å². The van der Waals surface area contributed by atoms with Crippen molar-refractivity contribution in [3.05, 3.63) is 35.9 Å². The van der Waals surface area contributed by atoms with Gasteiger partial charge >= 0.3 is 0 Å². The number of nitrogens with two attached hydrogens (primary N) is 1. The van der Waals surface area contributed by atoms with Crippen LogP contribution in [0.25, 0.3) is 0 Å². The standard InChI is InChI=1S/C14H18N4O2/c1-19-12-9-13(20-2)18-14(17-12)16-8-7-10-3-5-11(15)6-4-10/h3-6,9H,7-8,15H2,1-2H3,(H,16,17,18). The topological polar surface area (TPSA) is 82.3 Å². The fourth-order valence-corrected chi connectivity index (χ4v) is 1.70. The number of nitrogens with one attached hydrogen (secondary N) is 1. The van der Waals surface area contributed by atoms with Crippen molar-refractivity contribution in [2.45, 2.75) is 6.42 Å². The maximum absolute atomic E-state index is 5.65. The van der Waals surface area contributed by atoms with Crippen LogP contribution in [0.15, 0.2) is 30.3 Å². The summed E-state index contributed by atoms with van der Waals surface area (Å²) in [5.41, 5.74) is 7.61. The van der Waals surface area contributed by atoms with Crippen molar-refractivity contribution in [3.8, 4) is 11.8 Å². The van der Waals surface area contributed by atoms with Crippen molar-refractivity contribution >= 4 is 11.6 Å². The molecule has 2 rings (SSSR count). The van der Waals surface area contributed by atoms with Crippen LogP contribution in [0.2, 0.25) is 0 Å². The maximum Gasteiger partial charge on any atom is 0.229 e. The van der Waals surface area contributed by atoms with Crippen LogP contribution in [0, 0.1) is 0 Å². The summed E-state index contributed by atoms with van der Waals surface area (Å²) in [7, 11) is 3.11. The van der Waals surface area contributed by atoms with Crippen molar-refractivity contribution in [1.82, 2.24) is 9.97 Å². The van der Waals surface area contributed by atoms with Crippen molar-refractivity contribution in [1.29, 1.82) is 0 Å². The molecule has 0 atom stereocenters. The predicted molar refractivity (Wildman–Crippen MR) is 78.2 cm³/mol. The van der Waals surface area contributed by atoms with Gasteiger partial charge in [-0.2, -0.15) is 9.97 Å². The average Bonchev–Trinajstić information content (AvgIpc) is 2.49. The fraction of sp³-hybridized carbons (Fsp3) is 0.286. The second kappa shape index (κ2) is 6.60. The second-order valence-corrected chi connectivity index (χ2v) is 4.19. The summed E-state index contributed by atoms with van der Waals surface area (Å²) in [6.07, 6.45) is 0.850. The van der Waals surface area contributed by atoms with Gasteiger partial charge in [-0.1, -0.05) is 12.1 Å². The fourth-order valence-electron chi connectivity index (χ4n) is 1.70. The number of ether oxygens (including phenoxy) is 2. The Kier molecular flexibility index (Phi) is 4.60. The van der Waals surface area contributed by atoms with Gasteiger partial charge in [0.15, 0.2) is 0 Å². The number of benzene rings is 1. The summed E-state index contributed by atoms with van der Waals surface area (Å²) in [6.45, 7) is 0.709. The lowest BCUT2D eigenvalue weighted by atomic mass is 10.1. The highest BCUT2D eigenvalue weighted by Crippen LogP contribution is 2.17. The maximum atomic E-state index is 5.65. The van der Waals surface area contributed by atoms with E-state index in [9.17, 15) is 0 Å². The summed E-state index contributed by atoms with van der Waals surface area (Å²) in [4.78, 5) is 8.40. The molecule has 0 saturated carbocycles. The Bertz CT molecular complexity index is 535. The van der Waals surface area contributed by atoms with Gasteiger partial charge in [-0.3, -0.25) is 0 Å². The minimum absolute atomic E-state index is 0.465. The first-order valence-electron chi connectivity index (χ1n) is 6.26. The smallest absolute Gasteiger partial charge is 0.229 e. The Morgan fingerprint density at radius 3 is 2.20 bits per heavy atom. The molecule has 0 aliphatic rings. The van der Waals surface area contributed by atoms with Gasteiger partial charge in [0.2, 0.25) is 17.7 Å². The molecule has 20 heavy (non-hydrogen) atoms. The van der Waals surface area contributed by atoms with E-state index in [-0.39, 0.29) is 0 Å². The molecule has 6 nitrogen and oxygen atoms in total. The van der Waals surface area contributed by atoms with Gasteiger partial charge in [0.05, 0.1) is 20.3 Å². The molecule has 1 heterocycles. The van der Waals surface area contributed by atoms with Crippen LogP contribution >= 0.6 is 0 Å². The summed E-state index contributed by atoms with van der Waals surface area (Å²) in [6, 6.07) is 9.42. The first-order chi connectivity index (χ1) is 9.71. The van der Waals surface area contributed by atoms with Crippen LogP contribution in [-0.4, -0.2) is 30.7 Å². The highest BCUT2D eigenvalue weighted by molar-refractivity contribution is 5.39. The molecule has 0 fully saturated rings. The first kappa shape index (κ1) is 13.9. The summed E-state index contributed by atoms with van der Waals surface area (Å²) in [5.74, 6) is 1.41. The van der Waals surface area contributed by atoms with Crippen molar-refractivity contribution < 1.29 is 9.47 Å². The molecule has 0 aliphatic carbocycles. The molecular weight excluding hydrogens is 256 g/mol. The summed E-state index contributed by atoms with van der Waals surface area (Å²) < 4.78 is 10.2. The van der Waals surface area contributed by atoms with Crippen LogP contribution < -0.4 is 20.5 Å². The SMILES string of the molecule is COc1cc(OC)nc(NCCc2ccc(N)cc2)n1. The molecule has 2 aromatic rings. The second-order valence-electron chi connectivity index (χ2n) is 4.19. The Labute approximate surface area is 118 Å². The lowest BCUT2D eigenvalue weighted by molar-refractivity contribution is 0.373. The van der Waals surface area contributed by atoms with E-state index in [0.717, 1.165) is 12.1 Å². The van der Waals surface area contributed by atoms with E-state index >= 15 is 0 Å². The number of aromatic nitrogens is 2. The van der Waals surface area contributed by atoms with Crippen molar-refractivity contribution in [2.75, 3.05) is 31.8 Å². The lowest BCUT2D eigenvalue weighted by Crippen LogP contribution is -2.09. The van der Waals surface area contributed by atoms with Crippen LogP contribution in [0.1, 0.15) is 5.56 Å². The highest BCUT2D eigenvalue weighted by atomic mass is 16.5. The van der Waals surface area contributed by atoms with Gasteiger partial charge in [0.25, 0.3) is 0 Å². The van der Waals surface area contributed by atoms with E-state index in [2.05, 4.69) is 15.3 Å². The van der Waals surface area contributed by atoms with Gasteiger partial charge in [0, 0.05) is 12.2 Å². The van der Waals surface area contributed by atoms with Gasteiger partial charge < -0.3 is 20.5 Å². The van der Waals surface area contributed by atoms with E-state index in [1.165, 1.54) is 5.56 Å². The number of nitrogen functional groups attached to an aromatic ring is 1. The third-order valence-electron chi connectivity index (χ3n) is 2.77. The number of hydrogen-bond acceptors (Lipinski definition) is 6. The average molecular weight is 274 g/mol. The van der Waals surface area contributed by atoms with Gasteiger partial charge in [-0.05, 0) is 24.1 Å². The van der Waals surface area contributed by atoms with Crippen LogP contribution in [0.4, 0.5) is 11.6 Å². The number of nitrogens with zero attached hydrogens (tertiary/aromatic N) is 2. The zero-order valence-electron chi connectivity index (χ0n) is 11.6. The Morgan fingerprint density at radius 1 is 1.05 bits per heavy atom. The van der Waals surface area contributed by atoms with Crippen LogP contribution in [-0.2, 0) is 6.42 Å². The molecule has 0 amide bonds. The van der Waals surface area contributed by atoms with Gasteiger partial charge in [-0.15, -0.1) is 0 Å². The monoisotopic (exact) mass is 274 g/mol. The van der Waals surface area contributed by atoms with E-state index in [0.29, 0.717) is 24.3 Å². The Hall–Kier alpha value is -2.50. The molecule has 0 aliphatic heterocycles. The zero-order valence-corrected chi connectivity index (χ0v) is 11.6. The number of rotatable bonds is 6. The highest BCUT2D eigenvalue weighted by Gasteiger charge is 2.04. The summed E-state index contributed by atoms with van der Waals surface area (Å²) in [5, 5.41) is 3.14. The van der Waals surface area contributed by atoms with E-state index in [4.69, 9.17) is 15.2 Å². The molecule has 0 unspecified atom stereocenters. The molecule has 0 radical (unpaired) electrons. The molecular formula is C14H18N4O2. The Balaban J connectivity index is 1.94. The van der Waals surface area contributed by atoms with Crippen LogP contribution in [0.3, 0.4) is 0 Å². The molecule has 0 saturated heterocycles. The Morgan fingerprint density at radius 2 is 1.65 bits per heavy atom. The van der Waals surface area contributed by atoms with Gasteiger partial charge in [-0.25, -0.2) is 0 Å². The number of hydrogen-bond donors (Lipinski definition) is 2. The number of methoxy groups -OCH3 is 2. The molecule has 106 valence electrons. The normalized spacial score (nSPS) is 10.1. The van der Waals surface area contributed by atoms with Gasteiger partial charge in [0.1, 0.15) is 0 Å². The largest absolute Gasteiger partial charge is 0.481 e. The molecule has 3 N–H and O–H groups in total. The molecule has 6 heteroatoms. The molecule has 0 bridgehead atoms. The minimum atomic E-state index is 0.465. The third-order valence-corrected chi connectivity index (χ3v) is 2.77. The van der Waals surface area contributed by atoms with E-state index in [1.54, 1.807) is 20.3 Å². The number of anilines is 2. The van der Waals surface area contributed by atoms with Crippen molar-refractivity contribution in [3.63, 3.8) is 0 Å². The molecule has 0 spiro atoms. The molecule has 1 aromatic heterocycles. The van der Waals surface area contributed by atoms with E-state index < -0.39 is 0 Å². The molecule has 1 aromatic carbocycles. The minimum Gasteiger partial charge on any atom is -0.481 e. The summed E-state index contributed by atoms with van der Waals surface area (Å²) >= 11 is 0. The third kappa shape index (κ3) is 3.74. The quantitative estimate of drug-likeness (QED) is 0.781.